The monoisotopic (exact) mass is 310 g/mol. The van der Waals surface area contributed by atoms with E-state index in [9.17, 15) is 4.79 Å². The van der Waals surface area contributed by atoms with E-state index in [1.165, 1.54) is 11.1 Å². The smallest absolute Gasteiger partial charge is 0.317 e. The molecule has 2 heterocycles. The van der Waals surface area contributed by atoms with Crippen molar-refractivity contribution in [3.63, 3.8) is 0 Å². The minimum atomic E-state index is -0.0298. The molecule has 1 saturated heterocycles. The second-order valence-corrected chi connectivity index (χ2v) is 6.22. The molecule has 1 aromatic carbocycles. The minimum absolute atomic E-state index is 0.0298. The molecule has 5 nitrogen and oxygen atoms in total. The summed E-state index contributed by atoms with van der Waals surface area (Å²) >= 11 is 0. The van der Waals surface area contributed by atoms with E-state index in [2.05, 4.69) is 53.6 Å². The predicted molar refractivity (Wildman–Crippen MR) is 89.0 cm³/mol. The Balaban J connectivity index is 1.59. The number of likely N-dealkylation sites (tertiary alicyclic amines) is 1. The molecule has 1 aromatic heterocycles. The number of hydrogen-bond acceptors (Lipinski definition) is 3. The maximum absolute atomic E-state index is 12.4. The van der Waals surface area contributed by atoms with Crippen LogP contribution in [0.1, 0.15) is 36.1 Å². The van der Waals surface area contributed by atoms with E-state index >= 15 is 0 Å². The van der Waals surface area contributed by atoms with Crippen molar-refractivity contribution in [1.29, 1.82) is 0 Å². The standard InChI is InChI=1S/C18H22N4O/c1-13-5-7-15(8-6-13)16-10-14(2)22(12-16)18(23)19-11-17-4-3-9-20-21-17/h3-9,14,16H,10-12H2,1-2H3,(H,19,23)/t14-,16+/m1/s1. The molecule has 0 radical (unpaired) electrons. The van der Waals surface area contributed by atoms with E-state index < -0.39 is 0 Å². The van der Waals surface area contributed by atoms with Crippen molar-refractivity contribution < 1.29 is 4.79 Å². The van der Waals surface area contributed by atoms with Crippen LogP contribution in [0.3, 0.4) is 0 Å². The Morgan fingerprint density at radius 3 is 2.78 bits per heavy atom. The zero-order valence-electron chi connectivity index (χ0n) is 13.6. The summed E-state index contributed by atoms with van der Waals surface area (Å²) in [6.45, 7) is 5.37. The third-order valence-electron chi connectivity index (χ3n) is 4.43. The van der Waals surface area contributed by atoms with Crippen LogP contribution in [-0.2, 0) is 6.54 Å². The molecule has 2 atom stereocenters. The van der Waals surface area contributed by atoms with Crippen LogP contribution in [0, 0.1) is 6.92 Å². The van der Waals surface area contributed by atoms with Crippen molar-refractivity contribution >= 4 is 6.03 Å². The van der Waals surface area contributed by atoms with Crippen molar-refractivity contribution in [3.8, 4) is 0 Å². The van der Waals surface area contributed by atoms with Crippen molar-refractivity contribution in [2.75, 3.05) is 6.54 Å². The Labute approximate surface area is 136 Å². The molecule has 120 valence electrons. The first-order valence-corrected chi connectivity index (χ1v) is 8.01. The molecule has 2 amide bonds. The maximum atomic E-state index is 12.4. The molecule has 0 saturated carbocycles. The first kappa shape index (κ1) is 15.5. The topological polar surface area (TPSA) is 58.1 Å². The van der Waals surface area contributed by atoms with Gasteiger partial charge in [-0.25, -0.2) is 4.79 Å². The molecule has 3 rings (SSSR count). The third kappa shape index (κ3) is 3.67. The van der Waals surface area contributed by atoms with Gasteiger partial charge in [-0.3, -0.25) is 0 Å². The molecule has 1 aliphatic heterocycles. The molecule has 0 aliphatic carbocycles. The molecule has 1 aliphatic rings. The summed E-state index contributed by atoms with van der Waals surface area (Å²) in [7, 11) is 0. The van der Waals surface area contributed by atoms with E-state index in [4.69, 9.17) is 0 Å². The molecule has 0 spiro atoms. The number of benzene rings is 1. The van der Waals surface area contributed by atoms with Crippen LogP contribution in [0.15, 0.2) is 42.6 Å². The van der Waals surface area contributed by atoms with Gasteiger partial charge in [-0.2, -0.15) is 10.2 Å². The number of rotatable bonds is 3. The average molecular weight is 310 g/mol. The van der Waals surface area contributed by atoms with Gasteiger partial charge in [0.1, 0.15) is 0 Å². The van der Waals surface area contributed by atoms with Gasteiger partial charge in [0.15, 0.2) is 0 Å². The number of aromatic nitrogens is 2. The van der Waals surface area contributed by atoms with E-state index in [0.29, 0.717) is 12.5 Å². The van der Waals surface area contributed by atoms with Gasteiger partial charge < -0.3 is 10.2 Å². The molecule has 1 fully saturated rings. The van der Waals surface area contributed by atoms with Crippen molar-refractivity contribution in [3.05, 3.63) is 59.4 Å². The van der Waals surface area contributed by atoms with Crippen LogP contribution in [0.2, 0.25) is 0 Å². The van der Waals surface area contributed by atoms with Crippen molar-refractivity contribution in [2.45, 2.75) is 38.8 Å². The molecule has 23 heavy (non-hydrogen) atoms. The fourth-order valence-corrected chi connectivity index (χ4v) is 3.09. The largest absolute Gasteiger partial charge is 0.332 e. The Morgan fingerprint density at radius 1 is 1.30 bits per heavy atom. The van der Waals surface area contributed by atoms with Gasteiger partial charge in [-0.15, -0.1) is 0 Å². The highest BCUT2D eigenvalue weighted by molar-refractivity contribution is 5.75. The summed E-state index contributed by atoms with van der Waals surface area (Å²) in [5, 5.41) is 10.7. The summed E-state index contributed by atoms with van der Waals surface area (Å²) in [6, 6.07) is 12.5. The summed E-state index contributed by atoms with van der Waals surface area (Å²) < 4.78 is 0. The second kappa shape index (κ2) is 6.77. The lowest BCUT2D eigenvalue weighted by molar-refractivity contribution is 0.195. The van der Waals surface area contributed by atoms with Gasteiger partial charge in [0.2, 0.25) is 0 Å². The normalized spacial score (nSPS) is 20.5. The highest BCUT2D eigenvalue weighted by atomic mass is 16.2. The number of carbonyl (C=O) groups is 1. The molecule has 5 heteroatoms. The van der Waals surface area contributed by atoms with Gasteiger partial charge in [-0.05, 0) is 38.0 Å². The zero-order chi connectivity index (χ0) is 16.2. The van der Waals surface area contributed by atoms with Gasteiger partial charge in [0, 0.05) is 24.7 Å². The fraction of sp³-hybridized carbons (Fsp3) is 0.389. The lowest BCUT2D eigenvalue weighted by Gasteiger charge is -2.21. The summed E-state index contributed by atoms with van der Waals surface area (Å²) in [4.78, 5) is 14.3. The Kier molecular flexibility index (Phi) is 4.55. The summed E-state index contributed by atoms with van der Waals surface area (Å²) in [5.41, 5.74) is 3.34. The predicted octanol–water partition coefficient (Wildman–Crippen LogP) is 2.87. The van der Waals surface area contributed by atoms with Crippen LogP contribution in [0.25, 0.3) is 0 Å². The molecule has 2 aromatic rings. The van der Waals surface area contributed by atoms with Crippen LogP contribution >= 0.6 is 0 Å². The number of nitrogens with zero attached hydrogens (tertiary/aromatic N) is 3. The first-order chi connectivity index (χ1) is 11.1. The fourth-order valence-electron chi connectivity index (χ4n) is 3.09. The minimum Gasteiger partial charge on any atom is -0.332 e. The number of nitrogens with one attached hydrogen (secondary N) is 1. The van der Waals surface area contributed by atoms with E-state index in [1.807, 2.05) is 17.0 Å². The summed E-state index contributed by atoms with van der Waals surface area (Å²) in [5.74, 6) is 0.410. The van der Waals surface area contributed by atoms with Crippen LogP contribution in [0.4, 0.5) is 4.79 Å². The summed E-state index contributed by atoms with van der Waals surface area (Å²) in [6.07, 6.45) is 2.63. The van der Waals surface area contributed by atoms with Crippen molar-refractivity contribution in [2.24, 2.45) is 0 Å². The molecule has 1 N–H and O–H groups in total. The van der Waals surface area contributed by atoms with Crippen LogP contribution < -0.4 is 5.32 Å². The molecule has 0 bridgehead atoms. The van der Waals surface area contributed by atoms with E-state index in [1.54, 1.807) is 6.20 Å². The second-order valence-electron chi connectivity index (χ2n) is 6.22. The number of amides is 2. The Hall–Kier alpha value is -2.43. The molecular weight excluding hydrogens is 288 g/mol. The average Bonchev–Trinajstić information content (AvgIpc) is 2.96. The van der Waals surface area contributed by atoms with Crippen molar-refractivity contribution in [1.82, 2.24) is 20.4 Å². The van der Waals surface area contributed by atoms with Gasteiger partial charge in [0.25, 0.3) is 0 Å². The van der Waals surface area contributed by atoms with Crippen LogP contribution in [-0.4, -0.2) is 33.7 Å². The maximum Gasteiger partial charge on any atom is 0.317 e. The third-order valence-corrected chi connectivity index (χ3v) is 4.43. The number of hydrogen-bond donors (Lipinski definition) is 1. The van der Waals surface area contributed by atoms with Gasteiger partial charge in [0.05, 0.1) is 12.2 Å². The number of aryl methyl sites for hydroxylation is 1. The highest BCUT2D eigenvalue weighted by Gasteiger charge is 2.33. The Morgan fingerprint density at radius 2 is 2.09 bits per heavy atom. The number of urea groups is 1. The van der Waals surface area contributed by atoms with Gasteiger partial charge in [-0.1, -0.05) is 29.8 Å². The Bertz CT molecular complexity index is 656. The SMILES string of the molecule is Cc1ccc([C@H]2C[C@@H](C)N(C(=O)NCc3cccnn3)C2)cc1. The molecular formula is C18H22N4O. The first-order valence-electron chi connectivity index (χ1n) is 8.01. The quantitative estimate of drug-likeness (QED) is 0.948. The molecule has 0 unspecified atom stereocenters. The van der Waals surface area contributed by atoms with Gasteiger partial charge >= 0.3 is 6.03 Å². The lowest BCUT2D eigenvalue weighted by atomic mass is 9.96. The lowest BCUT2D eigenvalue weighted by Crippen LogP contribution is -2.41. The zero-order valence-corrected chi connectivity index (χ0v) is 13.6. The highest BCUT2D eigenvalue weighted by Crippen LogP contribution is 2.31. The number of carbonyl (C=O) groups excluding carboxylic acids is 1. The van der Waals surface area contributed by atoms with E-state index in [-0.39, 0.29) is 12.1 Å². The van der Waals surface area contributed by atoms with Crippen LogP contribution in [0.5, 0.6) is 0 Å². The van der Waals surface area contributed by atoms with E-state index in [0.717, 1.165) is 18.7 Å².